The number of carbonyl (C=O) groups excluding carboxylic acids is 2. The molecule has 5 nitrogen and oxygen atoms in total. The number of Topliss-reactive ketones (excluding diaryl/α,β-unsaturated/α-hetero) is 1. The lowest BCUT2D eigenvalue weighted by Gasteiger charge is -2.33. The Kier molecular flexibility index (Phi) is 7.23. The predicted octanol–water partition coefficient (Wildman–Crippen LogP) is 2.54. The van der Waals surface area contributed by atoms with Gasteiger partial charge in [-0.1, -0.05) is 13.8 Å². The van der Waals surface area contributed by atoms with E-state index in [0.29, 0.717) is 31.4 Å². The standard InChI is InChI=1S/C18H28N2O3/c1-13(2)18(3,12-19)20-17(22)7-5-6-16(21)14-8-10-15(23-4)11-9-14/h8-11,13H,5-7,12,19H2,1-4H3,(H,20,22). The second-order valence-electron chi connectivity index (χ2n) is 6.33. The Balaban J connectivity index is 2.43. The molecule has 3 N–H and O–H groups in total. The molecule has 0 spiro atoms. The van der Waals surface area contributed by atoms with Gasteiger partial charge in [0.05, 0.1) is 12.6 Å². The van der Waals surface area contributed by atoms with Crippen LogP contribution in [0.15, 0.2) is 24.3 Å². The largest absolute Gasteiger partial charge is 0.497 e. The number of ketones is 1. The van der Waals surface area contributed by atoms with Crippen LogP contribution < -0.4 is 15.8 Å². The summed E-state index contributed by atoms with van der Waals surface area (Å²) in [5, 5.41) is 2.98. The second-order valence-corrected chi connectivity index (χ2v) is 6.33. The number of hydrogen-bond donors (Lipinski definition) is 2. The zero-order valence-electron chi connectivity index (χ0n) is 14.5. The van der Waals surface area contributed by atoms with Crippen LogP contribution in [0.4, 0.5) is 0 Å². The van der Waals surface area contributed by atoms with Crippen molar-refractivity contribution in [3.05, 3.63) is 29.8 Å². The summed E-state index contributed by atoms with van der Waals surface area (Å²) in [6, 6.07) is 7.00. The lowest BCUT2D eigenvalue weighted by molar-refractivity contribution is -0.123. The Morgan fingerprint density at radius 1 is 1.22 bits per heavy atom. The van der Waals surface area contributed by atoms with Gasteiger partial charge >= 0.3 is 0 Å². The number of carbonyl (C=O) groups is 2. The molecule has 23 heavy (non-hydrogen) atoms. The highest BCUT2D eigenvalue weighted by Gasteiger charge is 2.28. The van der Waals surface area contributed by atoms with Crippen molar-refractivity contribution >= 4 is 11.7 Å². The molecule has 0 saturated heterocycles. The zero-order chi connectivity index (χ0) is 17.5. The molecule has 0 aromatic heterocycles. The van der Waals surface area contributed by atoms with Gasteiger partial charge in [0.2, 0.25) is 5.91 Å². The quantitative estimate of drug-likeness (QED) is 0.685. The lowest BCUT2D eigenvalue weighted by Crippen LogP contribution is -2.54. The first-order valence-corrected chi connectivity index (χ1v) is 8.00. The molecule has 0 heterocycles. The van der Waals surface area contributed by atoms with Crippen molar-refractivity contribution in [1.82, 2.24) is 5.32 Å². The molecule has 0 saturated carbocycles. The van der Waals surface area contributed by atoms with E-state index in [4.69, 9.17) is 10.5 Å². The molecule has 1 aromatic carbocycles. The SMILES string of the molecule is COc1ccc(C(=O)CCCC(=O)NC(C)(CN)C(C)C)cc1. The average Bonchev–Trinajstić information content (AvgIpc) is 2.54. The van der Waals surface area contributed by atoms with Crippen LogP contribution in [0.2, 0.25) is 0 Å². The summed E-state index contributed by atoms with van der Waals surface area (Å²) in [5.41, 5.74) is 5.99. The summed E-state index contributed by atoms with van der Waals surface area (Å²) in [4.78, 5) is 24.1. The smallest absolute Gasteiger partial charge is 0.220 e. The number of nitrogens with two attached hydrogens (primary N) is 1. The van der Waals surface area contributed by atoms with E-state index in [2.05, 4.69) is 5.32 Å². The first-order valence-electron chi connectivity index (χ1n) is 8.00. The van der Waals surface area contributed by atoms with Crippen LogP contribution >= 0.6 is 0 Å². The first kappa shape index (κ1) is 19.2. The number of rotatable bonds is 9. The number of amides is 1. The van der Waals surface area contributed by atoms with E-state index in [1.54, 1.807) is 31.4 Å². The predicted molar refractivity (Wildman–Crippen MR) is 91.6 cm³/mol. The number of nitrogens with one attached hydrogen (secondary N) is 1. The molecule has 0 bridgehead atoms. The minimum absolute atomic E-state index is 0.0332. The Morgan fingerprint density at radius 2 is 1.83 bits per heavy atom. The van der Waals surface area contributed by atoms with Gasteiger partial charge in [0, 0.05) is 24.9 Å². The molecule has 0 fully saturated rings. The van der Waals surface area contributed by atoms with E-state index in [9.17, 15) is 9.59 Å². The molecule has 1 rings (SSSR count). The van der Waals surface area contributed by atoms with Gasteiger partial charge in [-0.15, -0.1) is 0 Å². The average molecular weight is 320 g/mol. The third-order valence-corrected chi connectivity index (χ3v) is 4.34. The van der Waals surface area contributed by atoms with Crippen molar-refractivity contribution in [3.63, 3.8) is 0 Å². The highest BCUT2D eigenvalue weighted by molar-refractivity contribution is 5.96. The summed E-state index contributed by atoms with van der Waals surface area (Å²) in [7, 11) is 1.59. The Labute approximate surface area is 138 Å². The third-order valence-electron chi connectivity index (χ3n) is 4.34. The fourth-order valence-electron chi connectivity index (χ4n) is 2.14. The Hall–Kier alpha value is -1.88. The van der Waals surface area contributed by atoms with E-state index in [1.165, 1.54) is 0 Å². The van der Waals surface area contributed by atoms with Crippen molar-refractivity contribution < 1.29 is 14.3 Å². The minimum atomic E-state index is -0.406. The molecule has 0 radical (unpaired) electrons. The van der Waals surface area contributed by atoms with Crippen molar-refractivity contribution in [2.75, 3.05) is 13.7 Å². The topological polar surface area (TPSA) is 81.4 Å². The van der Waals surface area contributed by atoms with Gasteiger partial charge in [0.25, 0.3) is 0 Å². The summed E-state index contributed by atoms with van der Waals surface area (Å²) in [6.45, 7) is 6.39. The fourth-order valence-corrected chi connectivity index (χ4v) is 2.14. The monoisotopic (exact) mass is 320 g/mol. The number of methoxy groups -OCH3 is 1. The van der Waals surface area contributed by atoms with Gasteiger partial charge in [-0.3, -0.25) is 9.59 Å². The molecule has 1 aromatic rings. The van der Waals surface area contributed by atoms with Gasteiger partial charge in [-0.2, -0.15) is 0 Å². The Morgan fingerprint density at radius 3 is 2.30 bits per heavy atom. The molecular weight excluding hydrogens is 292 g/mol. The van der Waals surface area contributed by atoms with Crippen LogP contribution in [0.25, 0.3) is 0 Å². The van der Waals surface area contributed by atoms with Gasteiger partial charge in [0.15, 0.2) is 5.78 Å². The number of ether oxygens (including phenoxy) is 1. The van der Waals surface area contributed by atoms with Crippen LogP contribution in [-0.4, -0.2) is 30.9 Å². The zero-order valence-corrected chi connectivity index (χ0v) is 14.5. The van der Waals surface area contributed by atoms with Crippen molar-refractivity contribution in [2.45, 2.75) is 45.6 Å². The van der Waals surface area contributed by atoms with E-state index < -0.39 is 5.54 Å². The molecule has 5 heteroatoms. The summed E-state index contributed by atoms with van der Waals surface area (Å²) < 4.78 is 5.06. The van der Waals surface area contributed by atoms with Gasteiger partial charge in [-0.25, -0.2) is 0 Å². The molecule has 0 aliphatic heterocycles. The highest BCUT2D eigenvalue weighted by atomic mass is 16.5. The lowest BCUT2D eigenvalue weighted by atomic mass is 9.88. The van der Waals surface area contributed by atoms with Crippen LogP contribution in [0, 0.1) is 5.92 Å². The van der Waals surface area contributed by atoms with Crippen LogP contribution in [0.3, 0.4) is 0 Å². The summed E-state index contributed by atoms with van der Waals surface area (Å²) in [6.07, 6.45) is 1.19. The molecular formula is C18H28N2O3. The summed E-state index contributed by atoms with van der Waals surface area (Å²) in [5.74, 6) is 0.938. The van der Waals surface area contributed by atoms with Crippen molar-refractivity contribution in [2.24, 2.45) is 11.7 Å². The van der Waals surface area contributed by atoms with E-state index >= 15 is 0 Å². The molecule has 128 valence electrons. The normalized spacial score (nSPS) is 13.5. The van der Waals surface area contributed by atoms with E-state index in [1.807, 2.05) is 20.8 Å². The van der Waals surface area contributed by atoms with Gasteiger partial charge < -0.3 is 15.8 Å². The molecule has 1 amide bonds. The third kappa shape index (κ3) is 5.67. The van der Waals surface area contributed by atoms with E-state index in [0.717, 1.165) is 5.75 Å². The maximum atomic E-state index is 12.1. The van der Waals surface area contributed by atoms with Crippen molar-refractivity contribution in [3.8, 4) is 5.75 Å². The minimum Gasteiger partial charge on any atom is -0.497 e. The highest BCUT2D eigenvalue weighted by Crippen LogP contribution is 2.16. The fraction of sp³-hybridized carbons (Fsp3) is 0.556. The van der Waals surface area contributed by atoms with E-state index in [-0.39, 0.29) is 17.6 Å². The molecule has 1 atom stereocenters. The molecule has 0 aliphatic rings. The second kappa shape index (κ2) is 8.67. The maximum Gasteiger partial charge on any atom is 0.220 e. The van der Waals surface area contributed by atoms with Crippen LogP contribution in [0.5, 0.6) is 5.75 Å². The van der Waals surface area contributed by atoms with Crippen LogP contribution in [0.1, 0.15) is 50.4 Å². The number of benzene rings is 1. The molecule has 0 aliphatic carbocycles. The first-order chi connectivity index (χ1) is 10.8. The van der Waals surface area contributed by atoms with Gasteiger partial charge in [-0.05, 0) is 43.5 Å². The molecule has 1 unspecified atom stereocenters. The maximum absolute atomic E-state index is 12.1. The number of hydrogen-bond acceptors (Lipinski definition) is 4. The van der Waals surface area contributed by atoms with Gasteiger partial charge in [0.1, 0.15) is 5.75 Å². The van der Waals surface area contributed by atoms with Crippen molar-refractivity contribution in [1.29, 1.82) is 0 Å². The summed E-state index contributed by atoms with van der Waals surface area (Å²) >= 11 is 0. The van der Waals surface area contributed by atoms with Crippen LogP contribution in [-0.2, 0) is 4.79 Å². The Bertz CT molecular complexity index is 526.